The minimum atomic E-state index is 0.728. The minimum absolute atomic E-state index is 0.728. The Bertz CT molecular complexity index is 758. The van der Waals surface area contributed by atoms with E-state index in [4.69, 9.17) is 11.6 Å². The van der Waals surface area contributed by atoms with E-state index in [0.717, 1.165) is 27.0 Å². The summed E-state index contributed by atoms with van der Waals surface area (Å²) in [5.74, 6) is 0. The Hall–Kier alpha value is -1.97. The molecule has 0 radical (unpaired) electrons. The number of halogens is 1. The molecule has 0 aliphatic heterocycles. The molecule has 3 rings (SSSR count). The summed E-state index contributed by atoms with van der Waals surface area (Å²) >= 11 is 7.42. The summed E-state index contributed by atoms with van der Waals surface area (Å²) in [5.41, 5.74) is 4.29. The zero-order valence-corrected chi connectivity index (χ0v) is 13.0. The number of aromatic nitrogens is 1. The van der Waals surface area contributed by atoms with Crippen LogP contribution in [0.25, 0.3) is 11.3 Å². The second kappa shape index (κ2) is 6.20. The molecule has 2 aromatic carbocycles. The summed E-state index contributed by atoms with van der Waals surface area (Å²) in [4.78, 5) is 8.95. The molecule has 3 aromatic rings. The van der Waals surface area contributed by atoms with E-state index in [1.165, 1.54) is 16.9 Å². The highest BCUT2D eigenvalue weighted by atomic mass is 35.5. The highest BCUT2D eigenvalue weighted by Crippen LogP contribution is 2.27. The molecule has 0 aliphatic rings. The SMILES string of the molecule is Cc1ccc(/C=N/c2nc(-c3ccc(Cl)cc3)cs2)cc1. The Labute approximate surface area is 132 Å². The van der Waals surface area contributed by atoms with Gasteiger partial charge in [0.05, 0.1) is 5.69 Å². The van der Waals surface area contributed by atoms with Crippen LogP contribution in [0.3, 0.4) is 0 Å². The molecule has 0 saturated heterocycles. The van der Waals surface area contributed by atoms with Crippen LogP contribution >= 0.6 is 22.9 Å². The van der Waals surface area contributed by atoms with Gasteiger partial charge in [0.15, 0.2) is 0 Å². The fourth-order valence-corrected chi connectivity index (χ4v) is 2.66. The van der Waals surface area contributed by atoms with Crippen molar-refractivity contribution in [3.63, 3.8) is 0 Å². The van der Waals surface area contributed by atoms with Gasteiger partial charge in [0.2, 0.25) is 5.13 Å². The lowest BCUT2D eigenvalue weighted by Gasteiger charge is -1.95. The van der Waals surface area contributed by atoms with Gasteiger partial charge in [0.1, 0.15) is 0 Å². The van der Waals surface area contributed by atoms with Gasteiger partial charge in [-0.25, -0.2) is 9.98 Å². The largest absolute Gasteiger partial charge is 0.227 e. The van der Waals surface area contributed by atoms with E-state index >= 15 is 0 Å². The Morgan fingerprint density at radius 1 is 1.05 bits per heavy atom. The smallest absolute Gasteiger partial charge is 0.209 e. The Kier molecular flexibility index (Phi) is 4.13. The number of rotatable bonds is 3. The quantitative estimate of drug-likeness (QED) is 0.584. The maximum atomic E-state index is 5.89. The molecule has 2 nitrogen and oxygen atoms in total. The van der Waals surface area contributed by atoms with Gasteiger partial charge in [-0.3, -0.25) is 0 Å². The van der Waals surface area contributed by atoms with Crippen molar-refractivity contribution in [3.05, 3.63) is 70.1 Å². The third-order valence-electron chi connectivity index (χ3n) is 3.03. The third kappa shape index (κ3) is 3.57. The van der Waals surface area contributed by atoms with Gasteiger partial charge in [-0.1, -0.05) is 53.6 Å². The van der Waals surface area contributed by atoms with E-state index in [1.54, 1.807) is 0 Å². The van der Waals surface area contributed by atoms with Crippen LogP contribution in [-0.2, 0) is 0 Å². The van der Waals surface area contributed by atoms with Crippen molar-refractivity contribution in [1.82, 2.24) is 4.98 Å². The lowest BCUT2D eigenvalue weighted by Crippen LogP contribution is -1.80. The van der Waals surface area contributed by atoms with Gasteiger partial charge in [-0.15, -0.1) is 11.3 Å². The zero-order valence-electron chi connectivity index (χ0n) is 11.5. The molecular formula is C17H13ClN2S. The molecule has 104 valence electrons. The average molecular weight is 313 g/mol. The van der Waals surface area contributed by atoms with E-state index in [-0.39, 0.29) is 0 Å². The van der Waals surface area contributed by atoms with Crippen LogP contribution in [-0.4, -0.2) is 11.2 Å². The molecular weight excluding hydrogens is 300 g/mol. The minimum Gasteiger partial charge on any atom is -0.227 e. The summed E-state index contributed by atoms with van der Waals surface area (Å²) in [7, 11) is 0. The summed E-state index contributed by atoms with van der Waals surface area (Å²) in [6.45, 7) is 2.07. The summed E-state index contributed by atoms with van der Waals surface area (Å²) < 4.78 is 0. The summed E-state index contributed by atoms with van der Waals surface area (Å²) in [5, 5.41) is 3.48. The molecule has 4 heteroatoms. The lowest BCUT2D eigenvalue weighted by atomic mass is 10.2. The Morgan fingerprint density at radius 2 is 1.76 bits per heavy atom. The monoisotopic (exact) mass is 312 g/mol. The number of nitrogens with zero attached hydrogens (tertiary/aromatic N) is 2. The van der Waals surface area contributed by atoms with E-state index < -0.39 is 0 Å². The van der Waals surface area contributed by atoms with Crippen LogP contribution in [0.5, 0.6) is 0 Å². The molecule has 1 heterocycles. The first-order chi connectivity index (χ1) is 10.2. The molecule has 0 aliphatic carbocycles. The molecule has 21 heavy (non-hydrogen) atoms. The van der Waals surface area contributed by atoms with Gasteiger partial charge in [0.25, 0.3) is 0 Å². The van der Waals surface area contributed by atoms with E-state index in [1.807, 2.05) is 48.0 Å². The number of thiazole rings is 1. The second-order valence-electron chi connectivity index (χ2n) is 4.69. The van der Waals surface area contributed by atoms with Gasteiger partial charge in [-0.2, -0.15) is 0 Å². The molecule has 0 unspecified atom stereocenters. The Morgan fingerprint density at radius 3 is 2.48 bits per heavy atom. The van der Waals surface area contributed by atoms with E-state index in [0.29, 0.717) is 0 Å². The number of hydrogen-bond acceptors (Lipinski definition) is 3. The number of hydrogen-bond donors (Lipinski definition) is 0. The van der Waals surface area contributed by atoms with Crippen molar-refractivity contribution in [2.75, 3.05) is 0 Å². The van der Waals surface area contributed by atoms with Gasteiger partial charge in [0, 0.05) is 22.2 Å². The zero-order chi connectivity index (χ0) is 14.7. The van der Waals surface area contributed by atoms with Crippen LogP contribution in [0.1, 0.15) is 11.1 Å². The van der Waals surface area contributed by atoms with Crippen molar-refractivity contribution >= 4 is 34.3 Å². The van der Waals surface area contributed by atoms with Crippen LogP contribution in [0.15, 0.2) is 58.9 Å². The fraction of sp³-hybridized carbons (Fsp3) is 0.0588. The van der Waals surface area contributed by atoms with Crippen LogP contribution < -0.4 is 0 Å². The van der Waals surface area contributed by atoms with Crippen molar-refractivity contribution in [2.24, 2.45) is 4.99 Å². The number of aliphatic imine (C=N–C) groups is 1. The first-order valence-corrected chi connectivity index (χ1v) is 7.79. The van der Waals surface area contributed by atoms with Crippen molar-refractivity contribution < 1.29 is 0 Å². The highest BCUT2D eigenvalue weighted by molar-refractivity contribution is 7.13. The van der Waals surface area contributed by atoms with E-state index in [2.05, 4.69) is 29.0 Å². The van der Waals surface area contributed by atoms with Gasteiger partial charge < -0.3 is 0 Å². The maximum Gasteiger partial charge on any atom is 0.209 e. The van der Waals surface area contributed by atoms with Gasteiger partial charge >= 0.3 is 0 Å². The normalized spacial score (nSPS) is 11.1. The molecule has 0 N–H and O–H groups in total. The number of aryl methyl sites for hydroxylation is 1. The topological polar surface area (TPSA) is 25.2 Å². The van der Waals surface area contributed by atoms with E-state index in [9.17, 15) is 0 Å². The molecule has 0 atom stereocenters. The van der Waals surface area contributed by atoms with Crippen molar-refractivity contribution in [2.45, 2.75) is 6.92 Å². The first kappa shape index (κ1) is 14.0. The average Bonchev–Trinajstić information content (AvgIpc) is 2.96. The molecule has 0 bridgehead atoms. The maximum absolute atomic E-state index is 5.89. The van der Waals surface area contributed by atoms with Gasteiger partial charge in [-0.05, 0) is 24.6 Å². The summed E-state index contributed by atoms with van der Waals surface area (Å²) in [6, 6.07) is 15.9. The van der Waals surface area contributed by atoms with Crippen LogP contribution in [0, 0.1) is 6.92 Å². The second-order valence-corrected chi connectivity index (χ2v) is 5.96. The van der Waals surface area contributed by atoms with Crippen LogP contribution in [0.2, 0.25) is 5.02 Å². The standard InChI is InChI=1S/C17H13ClN2S/c1-12-2-4-13(5-3-12)10-19-17-20-16(11-21-17)14-6-8-15(18)9-7-14/h2-11H,1H3/b19-10+. The highest BCUT2D eigenvalue weighted by Gasteiger charge is 2.03. The lowest BCUT2D eigenvalue weighted by molar-refractivity contribution is 1.36. The third-order valence-corrected chi connectivity index (χ3v) is 4.03. The molecule has 1 aromatic heterocycles. The molecule has 0 amide bonds. The summed E-state index contributed by atoms with van der Waals surface area (Å²) in [6.07, 6.45) is 1.84. The predicted molar refractivity (Wildman–Crippen MR) is 91.0 cm³/mol. The van der Waals surface area contributed by atoms with Crippen molar-refractivity contribution in [1.29, 1.82) is 0 Å². The number of benzene rings is 2. The first-order valence-electron chi connectivity index (χ1n) is 6.53. The van der Waals surface area contributed by atoms with Crippen molar-refractivity contribution in [3.8, 4) is 11.3 Å². The predicted octanol–water partition coefficient (Wildman–Crippen LogP) is 5.52. The van der Waals surface area contributed by atoms with Crippen LogP contribution in [0.4, 0.5) is 5.13 Å². The molecule has 0 spiro atoms. The fourth-order valence-electron chi connectivity index (χ4n) is 1.86. The molecule has 0 saturated carbocycles. The molecule has 0 fully saturated rings. The Balaban J connectivity index is 1.78.